The quantitative estimate of drug-likeness (QED) is 0.659. The molecule has 2 aromatic rings. The zero-order valence-corrected chi connectivity index (χ0v) is 15.9. The Morgan fingerprint density at radius 2 is 2.00 bits per heavy atom. The molecule has 0 unspecified atom stereocenters. The molecule has 0 atom stereocenters. The van der Waals surface area contributed by atoms with Crippen molar-refractivity contribution in [3.63, 3.8) is 0 Å². The van der Waals surface area contributed by atoms with E-state index in [0.29, 0.717) is 35.4 Å². The molecule has 9 nitrogen and oxygen atoms in total. The number of carbonyl (C=O) groups excluding carboxylic acids is 2. The largest absolute Gasteiger partial charge is 0.494 e. The number of methoxy groups -OCH3 is 1. The van der Waals surface area contributed by atoms with Crippen LogP contribution in [-0.4, -0.2) is 40.8 Å². The number of aromatic nitrogens is 2. The highest BCUT2D eigenvalue weighted by atomic mass is 16.6. The van der Waals surface area contributed by atoms with Crippen LogP contribution in [0.1, 0.15) is 31.1 Å². The number of rotatable bonds is 6. The van der Waals surface area contributed by atoms with Crippen molar-refractivity contribution in [3.8, 4) is 5.75 Å². The third kappa shape index (κ3) is 5.13. The lowest BCUT2D eigenvalue weighted by molar-refractivity contribution is 0.0534. The van der Waals surface area contributed by atoms with E-state index >= 15 is 0 Å². The van der Waals surface area contributed by atoms with Crippen LogP contribution in [0.5, 0.6) is 5.75 Å². The Kier molecular flexibility index (Phi) is 5.94. The molecule has 2 rings (SSSR count). The summed E-state index contributed by atoms with van der Waals surface area (Å²) in [4.78, 5) is 27.3. The van der Waals surface area contributed by atoms with E-state index in [1.165, 1.54) is 7.11 Å². The van der Waals surface area contributed by atoms with Crippen LogP contribution in [0, 0.1) is 0 Å². The standard InChI is InChI=1S/C18H25N5O4/c1-18(2,3)27-17(25)21-7-5-6-8-23-14-12(22-16(23)20)9-11(15(19)24)10-13(14)26-4/h5-6,9-10H,7-8H2,1-4H3,(H2,19,24)(H2,20,22)(H,21,25). The highest BCUT2D eigenvalue weighted by Crippen LogP contribution is 2.29. The molecular weight excluding hydrogens is 350 g/mol. The third-order valence-electron chi connectivity index (χ3n) is 3.56. The maximum Gasteiger partial charge on any atom is 0.407 e. The van der Waals surface area contributed by atoms with E-state index in [2.05, 4.69) is 10.3 Å². The van der Waals surface area contributed by atoms with Gasteiger partial charge in [-0.15, -0.1) is 0 Å². The van der Waals surface area contributed by atoms with Crippen LogP contribution in [0.4, 0.5) is 10.7 Å². The zero-order chi connectivity index (χ0) is 20.2. The molecule has 0 saturated heterocycles. The summed E-state index contributed by atoms with van der Waals surface area (Å²) < 4.78 is 12.2. The summed E-state index contributed by atoms with van der Waals surface area (Å²) in [6.45, 7) is 6.11. The van der Waals surface area contributed by atoms with Gasteiger partial charge in [-0.25, -0.2) is 9.78 Å². The maximum atomic E-state index is 11.6. The molecular formula is C18H25N5O4. The van der Waals surface area contributed by atoms with Crippen LogP contribution >= 0.6 is 0 Å². The van der Waals surface area contributed by atoms with Crippen LogP contribution in [0.2, 0.25) is 0 Å². The van der Waals surface area contributed by atoms with E-state index in [9.17, 15) is 9.59 Å². The fraction of sp³-hybridized carbons (Fsp3) is 0.389. The first-order valence-corrected chi connectivity index (χ1v) is 8.37. The lowest BCUT2D eigenvalue weighted by Gasteiger charge is -2.19. The molecule has 27 heavy (non-hydrogen) atoms. The minimum absolute atomic E-state index is 0.273. The molecule has 0 spiro atoms. The van der Waals surface area contributed by atoms with Crippen molar-refractivity contribution in [2.24, 2.45) is 5.73 Å². The molecule has 9 heteroatoms. The van der Waals surface area contributed by atoms with Crippen molar-refractivity contribution in [2.75, 3.05) is 19.4 Å². The van der Waals surface area contributed by atoms with E-state index in [1.54, 1.807) is 43.5 Å². The number of carbonyl (C=O) groups is 2. The fourth-order valence-corrected chi connectivity index (χ4v) is 2.45. The third-order valence-corrected chi connectivity index (χ3v) is 3.56. The molecule has 146 valence electrons. The molecule has 2 amide bonds. The van der Waals surface area contributed by atoms with Crippen molar-refractivity contribution in [1.29, 1.82) is 0 Å². The van der Waals surface area contributed by atoms with Crippen LogP contribution < -0.4 is 21.5 Å². The summed E-state index contributed by atoms with van der Waals surface area (Å²) in [7, 11) is 1.49. The topological polar surface area (TPSA) is 134 Å². The fourth-order valence-electron chi connectivity index (χ4n) is 2.45. The Morgan fingerprint density at radius 1 is 1.30 bits per heavy atom. The molecule has 1 heterocycles. The number of nitrogens with zero attached hydrogens (tertiary/aromatic N) is 2. The van der Waals surface area contributed by atoms with Gasteiger partial charge in [0.05, 0.1) is 12.6 Å². The number of imidazole rings is 1. The molecule has 0 fully saturated rings. The second kappa shape index (κ2) is 7.98. The van der Waals surface area contributed by atoms with Crippen molar-refractivity contribution in [2.45, 2.75) is 32.9 Å². The average molecular weight is 375 g/mol. The Labute approximate surface area is 157 Å². The number of ether oxygens (including phenoxy) is 2. The Hall–Kier alpha value is -3.23. The lowest BCUT2D eigenvalue weighted by atomic mass is 10.1. The molecule has 0 bridgehead atoms. The van der Waals surface area contributed by atoms with Gasteiger partial charge in [-0.05, 0) is 32.9 Å². The number of amides is 2. The molecule has 0 aliphatic rings. The molecule has 1 aromatic carbocycles. The Bertz CT molecular complexity index is 880. The number of hydrogen-bond donors (Lipinski definition) is 3. The minimum Gasteiger partial charge on any atom is -0.494 e. The van der Waals surface area contributed by atoms with Gasteiger partial charge in [0.2, 0.25) is 11.9 Å². The van der Waals surface area contributed by atoms with Gasteiger partial charge in [-0.2, -0.15) is 0 Å². The smallest absolute Gasteiger partial charge is 0.407 e. The first-order valence-electron chi connectivity index (χ1n) is 8.37. The number of primary amides is 1. The second-order valence-electron chi connectivity index (χ2n) is 6.85. The predicted molar refractivity (Wildman–Crippen MR) is 103 cm³/mol. The number of fused-ring (bicyclic) bond motifs is 1. The van der Waals surface area contributed by atoms with Crippen LogP contribution in [-0.2, 0) is 11.3 Å². The average Bonchev–Trinajstić information content (AvgIpc) is 2.87. The summed E-state index contributed by atoms with van der Waals surface area (Å²) in [6.07, 6.45) is 3.12. The van der Waals surface area contributed by atoms with Gasteiger partial charge in [0.1, 0.15) is 16.9 Å². The Balaban J connectivity index is 2.11. The van der Waals surface area contributed by atoms with E-state index in [-0.39, 0.29) is 5.95 Å². The number of benzene rings is 1. The normalized spacial score (nSPS) is 11.7. The number of hydrogen-bond acceptors (Lipinski definition) is 6. The van der Waals surface area contributed by atoms with Crippen LogP contribution in [0.25, 0.3) is 11.0 Å². The van der Waals surface area contributed by atoms with Gasteiger partial charge in [0, 0.05) is 18.7 Å². The van der Waals surface area contributed by atoms with E-state index < -0.39 is 17.6 Å². The van der Waals surface area contributed by atoms with Crippen molar-refractivity contribution in [1.82, 2.24) is 14.9 Å². The molecule has 0 aliphatic heterocycles. The number of anilines is 1. The van der Waals surface area contributed by atoms with Gasteiger partial charge in [0.15, 0.2) is 0 Å². The maximum absolute atomic E-state index is 11.6. The first-order chi connectivity index (χ1) is 12.6. The van der Waals surface area contributed by atoms with Gasteiger partial charge >= 0.3 is 6.09 Å². The van der Waals surface area contributed by atoms with E-state index in [0.717, 1.165) is 0 Å². The highest BCUT2D eigenvalue weighted by molar-refractivity contribution is 5.98. The summed E-state index contributed by atoms with van der Waals surface area (Å²) in [5, 5.41) is 2.63. The Morgan fingerprint density at radius 3 is 2.59 bits per heavy atom. The van der Waals surface area contributed by atoms with Crippen molar-refractivity contribution >= 4 is 29.0 Å². The molecule has 0 aliphatic carbocycles. The van der Waals surface area contributed by atoms with Crippen molar-refractivity contribution in [3.05, 3.63) is 29.8 Å². The predicted octanol–water partition coefficient (Wildman–Crippen LogP) is 1.81. The summed E-state index contributed by atoms with van der Waals surface area (Å²) in [5.41, 5.74) is 12.2. The minimum atomic E-state index is -0.573. The zero-order valence-electron chi connectivity index (χ0n) is 15.9. The monoisotopic (exact) mass is 375 g/mol. The SMILES string of the molecule is COc1cc(C(N)=O)cc2nc(N)n(CC=CCNC(=O)OC(C)(C)C)c12. The molecule has 0 saturated carbocycles. The molecule has 5 N–H and O–H groups in total. The van der Waals surface area contributed by atoms with Gasteiger partial charge in [0.25, 0.3) is 0 Å². The van der Waals surface area contributed by atoms with Gasteiger partial charge < -0.3 is 30.8 Å². The number of nitrogens with one attached hydrogen (secondary N) is 1. The van der Waals surface area contributed by atoms with Crippen LogP contribution in [0.15, 0.2) is 24.3 Å². The van der Waals surface area contributed by atoms with Gasteiger partial charge in [-0.1, -0.05) is 12.2 Å². The number of alkyl carbamates (subject to hydrolysis) is 1. The lowest BCUT2D eigenvalue weighted by Crippen LogP contribution is -2.32. The molecule has 0 radical (unpaired) electrons. The number of allylic oxidation sites excluding steroid dienone is 1. The second-order valence-corrected chi connectivity index (χ2v) is 6.85. The highest BCUT2D eigenvalue weighted by Gasteiger charge is 2.16. The van der Waals surface area contributed by atoms with E-state index in [1.807, 2.05) is 6.08 Å². The molecule has 1 aromatic heterocycles. The number of nitrogen functional groups attached to an aromatic ring is 1. The summed E-state index contributed by atoms with van der Waals surface area (Å²) >= 11 is 0. The number of nitrogens with two attached hydrogens (primary N) is 2. The summed E-state index contributed by atoms with van der Waals surface area (Å²) in [5.74, 6) is 0.150. The van der Waals surface area contributed by atoms with Gasteiger partial charge in [-0.3, -0.25) is 4.79 Å². The van der Waals surface area contributed by atoms with Crippen LogP contribution in [0.3, 0.4) is 0 Å². The van der Waals surface area contributed by atoms with Crippen molar-refractivity contribution < 1.29 is 19.1 Å². The summed E-state index contributed by atoms with van der Waals surface area (Å²) in [6, 6.07) is 3.12. The first kappa shape index (κ1) is 20.1. The van der Waals surface area contributed by atoms with E-state index in [4.69, 9.17) is 20.9 Å².